The standard InChI is InChI=1S/C31H28N2O7/c1-16-13-24(35)21-11-8-12-22(29(21)40-16)28-26(19(4)34)17(2)33(18(3)27(28)31(38)39)23-14-25(36)32(30(23)37)15-20-9-6-5-7-10-20/h5-13,23,28H,14-15H2,1-4H3,(H,38,39)/t23-,28+/m0/s1. The maximum absolute atomic E-state index is 13.6. The Bertz CT molecular complexity index is 1680. The van der Waals surface area contributed by atoms with E-state index >= 15 is 0 Å². The van der Waals surface area contributed by atoms with Crippen molar-refractivity contribution in [3.8, 4) is 0 Å². The van der Waals surface area contributed by atoms with Gasteiger partial charge in [-0.05, 0) is 39.3 Å². The van der Waals surface area contributed by atoms with Crippen molar-refractivity contribution in [3.05, 3.63) is 104 Å². The predicted molar refractivity (Wildman–Crippen MR) is 146 cm³/mol. The molecule has 9 nitrogen and oxygen atoms in total. The van der Waals surface area contributed by atoms with Gasteiger partial charge in [-0.15, -0.1) is 0 Å². The van der Waals surface area contributed by atoms with Crippen molar-refractivity contribution in [2.45, 2.75) is 52.6 Å². The third-order valence-corrected chi connectivity index (χ3v) is 7.62. The number of benzene rings is 2. The average Bonchev–Trinajstić information content (AvgIpc) is 3.16. The quantitative estimate of drug-likeness (QED) is 0.464. The molecule has 3 aromatic rings. The van der Waals surface area contributed by atoms with Crippen LogP contribution in [0.15, 0.2) is 86.3 Å². The molecule has 1 N–H and O–H groups in total. The molecule has 40 heavy (non-hydrogen) atoms. The molecule has 2 aliphatic rings. The lowest BCUT2D eigenvalue weighted by molar-refractivity contribution is -0.140. The lowest BCUT2D eigenvalue weighted by atomic mass is 9.77. The summed E-state index contributed by atoms with van der Waals surface area (Å²) in [4.78, 5) is 68.0. The van der Waals surface area contributed by atoms with Crippen LogP contribution in [0.1, 0.15) is 50.0 Å². The summed E-state index contributed by atoms with van der Waals surface area (Å²) < 4.78 is 5.91. The van der Waals surface area contributed by atoms with Crippen molar-refractivity contribution in [2.75, 3.05) is 0 Å². The number of carboxylic acid groups (broad SMARTS) is 1. The number of aliphatic carboxylic acids is 1. The third kappa shape index (κ3) is 4.33. The van der Waals surface area contributed by atoms with E-state index < -0.39 is 29.6 Å². The fourth-order valence-electron chi connectivity index (χ4n) is 5.93. The number of hydrogen-bond acceptors (Lipinski definition) is 7. The number of carbonyl (C=O) groups is 4. The molecule has 0 aliphatic carbocycles. The van der Waals surface area contributed by atoms with Gasteiger partial charge in [-0.2, -0.15) is 0 Å². The van der Waals surface area contributed by atoms with E-state index in [1.165, 1.54) is 22.8 Å². The molecular formula is C31H28N2O7. The molecule has 2 atom stereocenters. The number of imide groups is 1. The molecule has 5 rings (SSSR count). The fraction of sp³-hybridized carbons (Fsp3) is 0.258. The Hall–Kier alpha value is -4.79. The number of Topliss-reactive ketones (excluding diaryl/α,β-unsaturated/α-hetero) is 1. The molecule has 9 heteroatoms. The van der Waals surface area contributed by atoms with Crippen LogP contribution in [-0.4, -0.2) is 44.5 Å². The SMILES string of the molecule is CC(=O)C1=C(C)N([C@H]2CC(=O)N(Cc3ccccc3)C2=O)C(C)=C(C(=O)O)[C@@H]1c1cccc2c(=O)cc(C)oc12. The maximum Gasteiger partial charge on any atom is 0.334 e. The normalized spacial score (nSPS) is 19.7. The van der Waals surface area contributed by atoms with Gasteiger partial charge in [-0.3, -0.25) is 24.1 Å². The Morgan fingerprint density at radius 3 is 2.27 bits per heavy atom. The van der Waals surface area contributed by atoms with Crippen LogP contribution in [0.5, 0.6) is 0 Å². The Balaban J connectivity index is 1.67. The summed E-state index contributed by atoms with van der Waals surface area (Å²) in [5.41, 5.74) is 1.69. The van der Waals surface area contributed by atoms with Gasteiger partial charge in [0.05, 0.1) is 29.8 Å². The molecule has 0 radical (unpaired) electrons. The molecule has 1 saturated heterocycles. The van der Waals surface area contributed by atoms with E-state index in [1.54, 1.807) is 39.0 Å². The van der Waals surface area contributed by atoms with Gasteiger partial charge in [0.25, 0.3) is 5.91 Å². The summed E-state index contributed by atoms with van der Waals surface area (Å²) in [5, 5.41) is 10.7. The second-order valence-corrected chi connectivity index (χ2v) is 10.1. The highest BCUT2D eigenvalue weighted by Gasteiger charge is 2.47. The first-order chi connectivity index (χ1) is 19.0. The number of allylic oxidation sites excluding steroid dienone is 3. The molecular weight excluding hydrogens is 512 g/mol. The first-order valence-electron chi connectivity index (χ1n) is 12.9. The van der Waals surface area contributed by atoms with Crippen molar-refractivity contribution >= 4 is 34.5 Å². The molecule has 0 saturated carbocycles. The molecule has 204 valence electrons. The molecule has 1 fully saturated rings. The van der Waals surface area contributed by atoms with Crippen LogP contribution >= 0.6 is 0 Å². The van der Waals surface area contributed by atoms with Crippen molar-refractivity contribution in [1.82, 2.24) is 9.80 Å². The van der Waals surface area contributed by atoms with Crippen molar-refractivity contribution < 1.29 is 28.7 Å². The van der Waals surface area contributed by atoms with E-state index in [0.29, 0.717) is 17.0 Å². The van der Waals surface area contributed by atoms with E-state index in [2.05, 4.69) is 0 Å². The second kappa shape index (κ2) is 10.1. The first kappa shape index (κ1) is 26.8. The summed E-state index contributed by atoms with van der Waals surface area (Å²) in [5.74, 6) is -3.25. The molecule has 2 aromatic carbocycles. The molecule has 3 heterocycles. The molecule has 1 aromatic heterocycles. The lowest BCUT2D eigenvalue weighted by Gasteiger charge is -2.40. The zero-order chi connectivity index (χ0) is 28.9. The van der Waals surface area contributed by atoms with Gasteiger partial charge in [-0.1, -0.05) is 42.5 Å². The minimum absolute atomic E-state index is 0.0940. The summed E-state index contributed by atoms with van der Waals surface area (Å²) in [6.45, 7) is 6.27. The van der Waals surface area contributed by atoms with E-state index in [1.807, 2.05) is 30.3 Å². The second-order valence-electron chi connectivity index (χ2n) is 10.1. The summed E-state index contributed by atoms with van der Waals surface area (Å²) >= 11 is 0. The number of carbonyl (C=O) groups excluding carboxylic acids is 3. The molecule has 0 spiro atoms. The van der Waals surface area contributed by atoms with Crippen LogP contribution in [0.25, 0.3) is 11.0 Å². The molecule has 2 aliphatic heterocycles. The van der Waals surface area contributed by atoms with E-state index in [0.717, 1.165) is 5.56 Å². The van der Waals surface area contributed by atoms with Crippen LogP contribution in [0.2, 0.25) is 0 Å². The summed E-state index contributed by atoms with van der Waals surface area (Å²) in [6, 6.07) is 14.3. The number of rotatable bonds is 6. The average molecular weight is 541 g/mol. The Morgan fingerprint density at radius 1 is 0.950 bits per heavy atom. The smallest absolute Gasteiger partial charge is 0.334 e. The fourth-order valence-corrected chi connectivity index (χ4v) is 5.93. The number of likely N-dealkylation sites (tertiary alicyclic amines) is 1. The number of ketones is 1. The number of para-hydroxylation sites is 1. The third-order valence-electron chi connectivity index (χ3n) is 7.62. The lowest BCUT2D eigenvalue weighted by Crippen LogP contribution is -2.44. The zero-order valence-corrected chi connectivity index (χ0v) is 22.6. The number of hydrogen-bond donors (Lipinski definition) is 1. The van der Waals surface area contributed by atoms with Crippen LogP contribution < -0.4 is 5.43 Å². The highest BCUT2D eigenvalue weighted by molar-refractivity contribution is 6.07. The molecule has 2 amide bonds. The summed E-state index contributed by atoms with van der Waals surface area (Å²) in [6.07, 6.45) is -0.161. The van der Waals surface area contributed by atoms with Gasteiger partial charge < -0.3 is 14.4 Å². The monoisotopic (exact) mass is 540 g/mol. The van der Waals surface area contributed by atoms with E-state index in [-0.39, 0.29) is 52.1 Å². The highest BCUT2D eigenvalue weighted by atomic mass is 16.4. The van der Waals surface area contributed by atoms with Crippen molar-refractivity contribution in [3.63, 3.8) is 0 Å². The minimum atomic E-state index is -1.29. The van der Waals surface area contributed by atoms with Gasteiger partial charge in [0.15, 0.2) is 11.2 Å². The largest absolute Gasteiger partial charge is 0.478 e. The highest BCUT2D eigenvalue weighted by Crippen LogP contribution is 2.46. The molecule has 0 bridgehead atoms. The molecule has 0 unspecified atom stereocenters. The van der Waals surface area contributed by atoms with Gasteiger partial charge in [0, 0.05) is 28.6 Å². The first-order valence-corrected chi connectivity index (χ1v) is 12.9. The maximum atomic E-state index is 13.6. The van der Waals surface area contributed by atoms with E-state index in [4.69, 9.17) is 4.42 Å². The number of carboxylic acids is 1. The van der Waals surface area contributed by atoms with E-state index in [9.17, 15) is 29.1 Å². The number of amides is 2. The Labute approximate surface area is 230 Å². The number of nitrogens with zero attached hydrogens (tertiary/aromatic N) is 2. The van der Waals surface area contributed by atoms with Gasteiger partial charge in [-0.25, -0.2) is 4.79 Å². The zero-order valence-electron chi connectivity index (χ0n) is 22.6. The summed E-state index contributed by atoms with van der Waals surface area (Å²) in [7, 11) is 0. The van der Waals surface area contributed by atoms with Gasteiger partial charge in [0.2, 0.25) is 5.91 Å². The van der Waals surface area contributed by atoms with Crippen LogP contribution in [0, 0.1) is 6.92 Å². The van der Waals surface area contributed by atoms with Crippen LogP contribution in [0.4, 0.5) is 0 Å². The number of aryl methyl sites for hydroxylation is 1. The Morgan fingerprint density at radius 2 is 1.62 bits per heavy atom. The predicted octanol–water partition coefficient (Wildman–Crippen LogP) is 4.05. The topological polar surface area (TPSA) is 125 Å². The minimum Gasteiger partial charge on any atom is -0.478 e. The van der Waals surface area contributed by atoms with Gasteiger partial charge in [0.1, 0.15) is 17.4 Å². The van der Waals surface area contributed by atoms with Gasteiger partial charge >= 0.3 is 5.97 Å². The van der Waals surface area contributed by atoms with Crippen LogP contribution in [-0.2, 0) is 25.7 Å². The van der Waals surface area contributed by atoms with Crippen molar-refractivity contribution in [2.24, 2.45) is 0 Å². The van der Waals surface area contributed by atoms with Crippen molar-refractivity contribution in [1.29, 1.82) is 0 Å². The Kier molecular flexibility index (Phi) is 6.75. The van der Waals surface area contributed by atoms with Crippen LogP contribution in [0.3, 0.4) is 0 Å². The number of fused-ring (bicyclic) bond motifs is 1.